The number of rotatable bonds is 2. The van der Waals surface area contributed by atoms with E-state index in [0.29, 0.717) is 11.1 Å². The number of nitrogens with one attached hydrogen (secondary N) is 1. The molecule has 1 fully saturated rings. The maximum atomic E-state index is 5.09. The molecule has 0 spiro atoms. The number of H-pyrrole nitrogens is 1. The van der Waals surface area contributed by atoms with E-state index in [1.807, 2.05) is 23.9 Å². The minimum Gasteiger partial charge on any atom is -0.481 e. The van der Waals surface area contributed by atoms with Gasteiger partial charge in [0.1, 0.15) is 5.82 Å². The first-order chi connectivity index (χ1) is 7.86. The van der Waals surface area contributed by atoms with Crippen molar-refractivity contribution in [3.63, 3.8) is 0 Å². The molecule has 84 valence electrons. The van der Waals surface area contributed by atoms with E-state index in [1.54, 1.807) is 7.11 Å². The number of thioether (sulfide) groups is 1. The summed E-state index contributed by atoms with van der Waals surface area (Å²) < 4.78 is 5.09. The minimum atomic E-state index is 0.514. The number of aromatic nitrogens is 3. The topological polar surface area (TPSA) is 50.8 Å². The third-order valence-electron chi connectivity index (χ3n) is 2.78. The summed E-state index contributed by atoms with van der Waals surface area (Å²) in [6, 6.07) is 3.82. The van der Waals surface area contributed by atoms with Gasteiger partial charge in [-0.2, -0.15) is 16.7 Å². The van der Waals surface area contributed by atoms with Crippen LogP contribution in [-0.4, -0.2) is 27.8 Å². The highest BCUT2D eigenvalue weighted by molar-refractivity contribution is 7.99. The summed E-state index contributed by atoms with van der Waals surface area (Å²) in [6.07, 6.45) is 2.49. The molecule has 1 atom stereocenters. The first kappa shape index (κ1) is 9.96. The quantitative estimate of drug-likeness (QED) is 0.869. The Balaban J connectivity index is 2.01. The van der Waals surface area contributed by atoms with Gasteiger partial charge in [-0.1, -0.05) is 0 Å². The number of nitrogens with zero attached hydrogens (tertiary/aromatic N) is 2. The van der Waals surface area contributed by atoms with Crippen molar-refractivity contribution in [1.29, 1.82) is 0 Å². The van der Waals surface area contributed by atoms with Crippen LogP contribution in [0.3, 0.4) is 0 Å². The van der Waals surface area contributed by atoms with Gasteiger partial charge in [-0.15, -0.1) is 0 Å². The molecule has 1 N–H and O–H groups in total. The van der Waals surface area contributed by atoms with E-state index in [4.69, 9.17) is 4.74 Å². The average molecular weight is 235 g/mol. The maximum absolute atomic E-state index is 5.09. The Morgan fingerprint density at radius 3 is 3.12 bits per heavy atom. The number of ether oxygens (including phenoxy) is 1. The Hall–Kier alpha value is -1.23. The summed E-state index contributed by atoms with van der Waals surface area (Å²) in [6.45, 7) is 0. The molecule has 3 rings (SSSR count). The first-order valence-electron chi connectivity index (χ1n) is 5.39. The molecule has 16 heavy (non-hydrogen) atoms. The van der Waals surface area contributed by atoms with Crippen LogP contribution in [0, 0.1) is 0 Å². The van der Waals surface area contributed by atoms with Gasteiger partial charge in [-0.3, -0.25) is 0 Å². The van der Waals surface area contributed by atoms with Crippen molar-refractivity contribution in [1.82, 2.24) is 15.0 Å². The van der Waals surface area contributed by atoms with Crippen molar-refractivity contribution < 1.29 is 4.74 Å². The van der Waals surface area contributed by atoms with Crippen LogP contribution in [0.4, 0.5) is 0 Å². The fourth-order valence-corrected chi connectivity index (χ4v) is 3.17. The monoisotopic (exact) mass is 235 g/mol. The predicted molar refractivity (Wildman–Crippen MR) is 64.9 cm³/mol. The second-order valence-corrected chi connectivity index (χ2v) is 5.16. The van der Waals surface area contributed by atoms with Crippen LogP contribution in [-0.2, 0) is 0 Å². The van der Waals surface area contributed by atoms with Gasteiger partial charge in [-0.25, -0.2) is 4.98 Å². The zero-order valence-corrected chi connectivity index (χ0v) is 9.88. The summed E-state index contributed by atoms with van der Waals surface area (Å²) >= 11 is 1.97. The van der Waals surface area contributed by atoms with Crippen LogP contribution in [0.25, 0.3) is 11.2 Å². The molecule has 2 aromatic heterocycles. The SMILES string of the molecule is COc1ccc2[nH]c(C3CCCS3)nc2n1. The zero-order chi connectivity index (χ0) is 11.0. The first-order valence-corrected chi connectivity index (χ1v) is 6.44. The van der Waals surface area contributed by atoms with E-state index >= 15 is 0 Å². The second kappa shape index (κ2) is 3.97. The Kier molecular flexibility index (Phi) is 2.47. The highest BCUT2D eigenvalue weighted by Gasteiger charge is 2.21. The van der Waals surface area contributed by atoms with E-state index in [-0.39, 0.29) is 0 Å². The molecule has 1 aliphatic rings. The van der Waals surface area contributed by atoms with E-state index in [9.17, 15) is 0 Å². The van der Waals surface area contributed by atoms with Gasteiger partial charge in [0.25, 0.3) is 0 Å². The molecule has 1 aliphatic heterocycles. The maximum Gasteiger partial charge on any atom is 0.215 e. The molecule has 0 radical (unpaired) electrons. The molecular formula is C11H13N3OS. The third kappa shape index (κ3) is 1.65. The van der Waals surface area contributed by atoms with Gasteiger partial charge in [0.05, 0.1) is 17.9 Å². The van der Waals surface area contributed by atoms with Crippen molar-refractivity contribution in [2.24, 2.45) is 0 Å². The van der Waals surface area contributed by atoms with E-state index in [1.165, 1.54) is 18.6 Å². The molecule has 1 saturated heterocycles. The fraction of sp³-hybridized carbons (Fsp3) is 0.455. The molecule has 4 nitrogen and oxygen atoms in total. The van der Waals surface area contributed by atoms with Gasteiger partial charge in [0.2, 0.25) is 5.88 Å². The van der Waals surface area contributed by atoms with Crippen LogP contribution < -0.4 is 4.74 Å². The van der Waals surface area contributed by atoms with E-state index in [0.717, 1.165) is 17.0 Å². The summed E-state index contributed by atoms with van der Waals surface area (Å²) in [4.78, 5) is 12.2. The van der Waals surface area contributed by atoms with E-state index in [2.05, 4.69) is 15.0 Å². The number of methoxy groups -OCH3 is 1. The van der Waals surface area contributed by atoms with Crippen molar-refractivity contribution >= 4 is 22.9 Å². The number of pyridine rings is 1. The van der Waals surface area contributed by atoms with Gasteiger partial charge >= 0.3 is 0 Å². The van der Waals surface area contributed by atoms with E-state index < -0.39 is 0 Å². The molecule has 3 heterocycles. The lowest BCUT2D eigenvalue weighted by atomic mass is 10.2. The molecule has 0 aromatic carbocycles. The molecule has 0 bridgehead atoms. The van der Waals surface area contributed by atoms with Crippen molar-refractivity contribution in [2.75, 3.05) is 12.9 Å². The molecule has 1 unspecified atom stereocenters. The average Bonchev–Trinajstić information content (AvgIpc) is 2.96. The Morgan fingerprint density at radius 1 is 1.44 bits per heavy atom. The molecule has 0 saturated carbocycles. The lowest BCUT2D eigenvalue weighted by molar-refractivity contribution is 0.399. The summed E-state index contributed by atoms with van der Waals surface area (Å²) in [5, 5.41) is 0.514. The van der Waals surface area contributed by atoms with Crippen molar-refractivity contribution in [3.05, 3.63) is 18.0 Å². The summed E-state index contributed by atoms with van der Waals surface area (Å²) in [7, 11) is 1.62. The van der Waals surface area contributed by atoms with Crippen LogP contribution in [0.2, 0.25) is 0 Å². The standard InChI is InChI=1S/C11H13N3OS/c1-15-9-5-4-7-10(13-9)14-11(12-7)8-3-2-6-16-8/h4-5,8H,2-3,6H2,1H3,(H,12,13,14). The largest absolute Gasteiger partial charge is 0.481 e. The van der Waals surface area contributed by atoms with Crippen LogP contribution in [0.5, 0.6) is 5.88 Å². The molecule has 0 aliphatic carbocycles. The number of fused-ring (bicyclic) bond motifs is 1. The Labute approximate surface area is 97.8 Å². The highest BCUT2D eigenvalue weighted by atomic mass is 32.2. The molecule has 5 heteroatoms. The van der Waals surface area contributed by atoms with Crippen LogP contribution in [0.15, 0.2) is 12.1 Å². The fourth-order valence-electron chi connectivity index (χ4n) is 1.95. The number of aromatic amines is 1. The third-order valence-corrected chi connectivity index (χ3v) is 4.17. The summed E-state index contributed by atoms with van der Waals surface area (Å²) in [5.74, 6) is 2.90. The van der Waals surface area contributed by atoms with Crippen molar-refractivity contribution in [3.8, 4) is 5.88 Å². The Bertz CT molecular complexity index is 505. The minimum absolute atomic E-state index is 0.514. The smallest absolute Gasteiger partial charge is 0.215 e. The predicted octanol–water partition coefficient (Wildman–Crippen LogP) is 2.53. The molecule has 2 aromatic rings. The van der Waals surface area contributed by atoms with Gasteiger partial charge in [0.15, 0.2) is 5.65 Å². The zero-order valence-electron chi connectivity index (χ0n) is 9.06. The van der Waals surface area contributed by atoms with Crippen molar-refractivity contribution in [2.45, 2.75) is 18.1 Å². The Morgan fingerprint density at radius 2 is 2.38 bits per heavy atom. The van der Waals surface area contributed by atoms with Gasteiger partial charge in [-0.05, 0) is 24.7 Å². The normalized spacial score (nSPS) is 20.4. The highest BCUT2D eigenvalue weighted by Crippen LogP contribution is 2.38. The lowest BCUT2D eigenvalue weighted by Gasteiger charge is -2.01. The van der Waals surface area contributed by atoms with Crippen LogP contribution >= 0.6 is 11.8 Å². The molecule has 0 amide bonds. The number of hydrogen-bond donors (Lipinski definition) is 1. The lowest BCUT2D eigenvalue weighted by Crippen LogP contribution is -1.90. The van der Waals surface area contributed by atoms with Crippen LogP contribution in [0.1, 0.15) is 23.9 Å². The summed E-state index contributed by atoms with van der Waals surface area (Å²) in [5.41, 5.74) is 1.74. The molecular weight excluding hydrogens is 222 g/mol. The van der Waals surface area contributed by atoms with Gasteiger partial charge < -0.3 is 9.72 Å². The number of imidazole rings is 1. The number of hydrogen-bond acceptors (Lipinski definition) is 4. The second-order valence-electron chi connectivity index (χ2n) is 3.85. The van der Waals surface area contributed by atoms with Gasteiger partial charge in [0, 0.05) is 6.07 Å².